The summed E-state index contributed by atoms with van der Waals surface area (Å²) in [4.78, 5) is 20.4. The van der Waals surface area contributed by atoms with Gasteiger partial charge in [-0.25, -0.2) is 23.1 Å². The summed E-state index contributed by atoms with van der Waals surface area (Å²) < 4.78 is 54.6. The van der Waals surface area contributed by atoms with Gasteiger partial charge in [-0.15, -0.1) is 0 Å². The number of aliphatic imine (C=N–C) groups is 1. The number of methoxy groups -OCH3 is 1. The Morgan fingerprint density at radius 2 is 2.10 bits per heavy atom. The molecule has 1 aromatic heterocycles. The third-order valence-corrected chi connectivity index (χ3v) is 6.06. The number of thioether (sulfide) groups is 1. The number of hydrogen-bond donors (Lipinski definition) is 2. The fraction of sp³-hybridized carbons (Fsp3) is 0.316. The number of nitrogens with two attached hydrogens (primary N) is 1. The third kappa shape index (κ3) is 3.27. The third-order valence-electron chi connectivity index (χ3n) is 5.07. The fourth-order valence-corrected chi connectivity index (χ4v) is 4.42. The second kappa shape index (κ2) is 7.47. The van der Waals surface area contributed by atoms with E-state index in [0.717, 1.165) is 23.9 Å². The molecule has 0 aliphatic carbocycles. The van der Waals surface area contributed by atoms with Gasteiger partial charge in [0.2, 0.25) is 0 Å². The maximum Gasteiger partial charge on any atom is 0.277 e. The number of nitrogens with zero attached hydrogens (tertiary/aromatic N) is 2. The first-order valence-corrected chi connectivity index (χ1v) is 9.82. The molecule has 2 atom stereocenters. The molecule has 2 aliphatic heterocycles. The van der Waals surface area contributed by atoms with Crippen molar-refractivity contribution < 1.29 is 27.4 Å². The van der Waals surface area contributed by atoms with E-state index in [4.69, 9.17) is 15.2 Å². The number of benzene rings is 1. The molecule has 3 heterocycles. The minimum absolute atomic E-state index is 0.0423. The molecule has 2 aromatic rings. The van der Waals surface area contributed by atoms with Crippen molar-refractivity contribution in [2.24, 2.45) is 10.7 Å². The highest BCUT2D eigenvalue weighted by atomic mass is 32.2. The van der Waals surface area contributed by atoms with E-state index in [1.807, 2.05) is 0 Å². The molecule has 30 heavy (non-hydrogen) atoms. The zero-order chi connectivity index (χ0) is 21.5. The largest absolute Gasteiger partial charge is 0.495 e. The van der Waals surface area contributed by atoms with Crippen LogP contribution in [0.2, 0.25) is 0 Å². The fourth-order valence-electron chi connectivity index (χ4n) is 3.50. The number of alkyl halides is 1. The molecule has 1 amide bonds. The lowest BCUT2D eigenvalue weighted by Crippen LogP contribution is -2.52. The molecule has 0 spiro atoms. The van der Waals surface area contributed by atoms with Crippen molar-refractivity contribution in [3.05, 3.63) is 53.4 Å². The van der Waals surface area contributed by atoms with E-state index >= 15 is 4.39 Å². The van der Waals surface area contributed by atoms with Gasteiger partial charge in [0.05, 0.1) is 26.5 Å². The highest BCUT2D eigenvalue weighted by Crippen LogP contribution is 2.50. The number of halogens is 3. The molecule has 0 saturated carbocycles. The van der Waals surface area contributed by atoms with Gasteiger partial charge in [0.15, 0.2) is 27.9 Å². The van der Waals surface area contributed by atoms with Crippen LogP contribution >= 0.6 is 11.8 Å². The molecule has 1 fully saturated rings. The van der Waals surface area contributed by atoms with Crippen molar-refractivity contribution in [3.63, 3.8) is 0 Å². The number of aromatic nitrogens is 1. The van der Waals surface area contributed by atoms with Crippen LogP contribution in [-0.4, -0.2) is 47.8 Å². The van der Waals surface area contributed by atoms with E-state index in [1.54, 1.807) is 0 Å². The molecule has 0 radical (unpaired) electrons. The Kier molecular flexibility index (Phi) is 5.10. The number of hydrogen-bond acceptors (Lipinski definition) is 7. The minimum Gasteiger partial charge on any atom is -0.495 e. The van der Waals surface area contributed by atoms with E-state index in [0.29, 0.717) is 0 Å². The highest BCUT2D eigenvalue weighted by Gasteiger charge is 2.61. The van der Waals surface area contributed by atoms with E-state index in [-0.39, 0.29) is 41.1 Å². The van der Waals surface area contributed by atoms with Crippen molar-refractivity contribution in [1.82, 2.24) is 4.98 Å². The summed E-state index contributed by atoms with van der Waals surface area (Å²) in [6.45, 7) is -0.457. The van der Waals surface area contributed by atoms with E-state index in [9.17, 15) is 13.6 Å². The Hall–Kier alpha value is -2.79. The monoisotopic (exact) mass is 438 g/mol. The molecule has 1 aromatic carbocycles. The smallest absolute Gasteiger partial charge is 0.277 e. The zero-order valence-corrected chi connectivity index (χ0v) is 16.6. The lowest BCUT2D eigenvalue weighted by Gasteiger charge is -2.38. The van der Waals surface area contributed by atoms with Crippen molar-refractivity contribution >= 4 is 28.5 Å². The van der Waals surface area contributed by atoms with Gasteiger partial charge in [0, 0.05) is 23.1 Å². The molecule has 158 valence electrons. The van der Waals surface area contributed by atoms with Gasteiger partial charge in [-0.3, -0.25) is 4.79 Å². The Labute approximate surface area is 173 Å². The Morgan fingerprint density at radius 1 is 1.30 bits per heavy atom. The molecule has 4 rings (SSSR count). The predicted molar refractivity (Wildman–Crippen MR) is 106 cm³/mol. The maximum atomic E-state index is 15.6. The average molecular weight is 438 g/mol. The van der Waals surface area contributed by atoms with Gasteiger partial charge in [-0.05, 0) is 18.2 Å². The van der Waals surface area contributed by atoms with Crippen LogP contribution in [0.5, 0.6) is 5.75 Å². The van der Waals surface area contributed by atoms with Crippen LogP contribution in [0.4, 0.5) is 18.9 Å². The molecule has 7 nitrogen and oxygen atoms in total. The summed E-state index contributed by atoms with van der Waals surface area (Å²) in [6, 6.07) is 4.62. The zero-order valence-electron chi connectivity index (χ0n) is 15.7. The van der Waals surface area contributed by atoms with Gasteiger partial charge < -0.3 is 20.5 Å². The van der Waals surface area contributed by atoms with Crippen LogP contribution in [0.25, 0.3) is 0 Å². The molecular weight excluding hydrogens is 421 g/mol. The molecule has 11 heteroatoms. The Balaban J connectivity index is 1.69. The molecule has 0 unspecified atom stereocenters. The average Bonchev–Trinajstić information content (AvgIpc) is 3.06. The standard InChI is InChI=1S/C19H17F3N4O3S/c1-28-11-5-14(21)15(24-6-11)16(27)25-10-2-3-13(20)12(4-10)19-8-29-7-18(19,22)9-30-17(23)26-19/h2-6H,7-9H2,1H3,(H2,23,26)(H,25,27)/t18-,19-/m1/s1. The summed E-state index contributed by atoms with van der Waals surface area (Å²) in [6.07, 6.45) is 1.19. The van der Waals surface area contributed by atoms with Crippen molar-refractivity contribution in [3.8, 4) is 5.75 Å². The molecule has 0 bridgehead atoms. The Bertz CT molecular complexity index is 1050. The molecule has 1 saturated heterocycles. The van der Waals surface area contributed by atoms with Gasteiger partial charge >= 0.3 is 0 Å². The second-order valence-corrected chi connectivity index (χ2v) is 7.91. The van der Waals surface area contributed by atoms with Crippen LogP contribution in [0.1, 0.15) is 16.1 Å². The van der Waals surface area contributed by atoms with Gasteiger partial charge in [-0.2, -0.15) is 0 Å². The van der Waals surface area contributed by atoms with Gasteiger partial charge in [0.1, 0.15) is 11.6 Å². The van der Waals surface area contributed by atoms with Crippen LogP contribution in [-0.2, 0) is 10.3 Å². The first-order chi connectivity index (χ1) is 14.3. The first-order valence-electron chi connectivity index (χ1n) is 8.84. The van der Waals surface area contributed by atoms with Crippen molar-refractivity contribution in [2.45, 2.75) is 11.2 Å². The normalized spacial score (nSPS) is 25.4. The van der Waals surface area contributed by atoms with Crippen molar-refractivity contribution in [1.29, 1.82) is 0 Å². The summed E-state index contributed by atoms with van der Waals surface area (Å²) in [5.74, 6) is -2.36. The second-order valence-electron chi connectivity index (χ2n) is 6.91. The van der Waals surface area contributed by atoms with Crippen LogP contribution < -0.4 is 15.8 Å². The molecule has 2 aliphatic rings. The van der Waals surface area contributed by atoms with Gasteiger partial charge in [-0.1, -0.05) is 11.8 Å². The number of pyridine rings is 1. The summed E-state index contributed by atoms with van der Waals surface area (Å²) >= 11 is 1.03. The SMILES string of the molecule is COc1cnc(C(=O)Nc2ccc(F)c([C@]34COC[C@@]3(F)CSC(N)=N4)c2)c(F)c1. The number of rotatable bonds is 4. The molecular formula is C19H17F3N4O3S. The van der Waals surface area contributed by atoms with E-state index in [2.05, 4.69) is 15.3 Å². The van der Waals surface area contributed by atoms with E-state index in [1.165, 1.54) is 25.4 Å². The van der Waals surface area contributed by atoms with E-state index < -0.39 is 34.4 Å². The predicted octanol–water partition coefficient (Wildman–Crippen LogP) is 2.62. The topological polar surface area (TPSA) is 98.8 Å². The summed E-state index contributed by atoms with van der Waals surface area (Å²) in [5, 5.41) is 2.56. The van der Waals surface area contributed by atoms with Crippen molar-refractivity contribution in [2.75, 3.05) is 31.4 Å². The Morgan fingerprint density at radius 3 is 2.83 bits per heavy atom. The number of fused-ring (bicyclic) bond motifs is 1. The summed E-state index contributed by atoms with van der Waals surface area (Å²) in [5.41, 5.74) is 1.70. The lowest BCUT2D eigenvalue weighted by atomic mass is 9.79. The summed E-state index contributed by atoms with van der Waals surface area (Å²) in [7, 11) is 1.34. The number of carbonyl (C=O) groups excluding carboxylic acids is 1. The van der Waals surface area contributed by atoms with Crippen LogP contribution in [0, 0.1) is 11.6 Å². The number of amides is 1. The maximum absolute atomic E-state index is 15.6. The number of ether oxygens (including phenoxy) is 2. The quantitative estimate of drug-likeness (QED) is 0.762. The number of amidine groups is 1. The number of anilines is 1. The minimum atomic E-state index is -1.96. The molecule has 3 N–H and O–H groups in total. The lowest BCUT2D eigenvalue weighted by molar-refractivity contribution is 0.101. The number of carbonyl (C=O) groups is 1. The number of nitrogens with one attached hydrogen (secondary N) is 1. The van der Waals surface area contributed by atoms with Gasteiger partial charge in [0.25, 0.3) is 5.91 Å². The van der Waals surface area contributed by atoms with Crippen LogP contribution in [0.15, 0.2) is 35.5 Å². The highest BCUT2D eigenvalue weighted by molar-refractivity contribution is 8.13. The first kappa shape index (κ1) is 20.5. The van der Waals surface area contributed by atoms with Crippen LogP contribution in [0.3, 0.4) is 0 Å².